The first-order valence-electron chi connectivity index (χ1n) is 6.91. The largest absolute Gasteiger partial charge is 0.350 e. The minimum absolute atomic E-state index is 0.306. The fraction of sp³-hybridized carbons (Fsp3) is 0.0588. The molecule has 2 N–H and O–H groups in total. The molecular formula is C17H13Cl2N3O. The Morgan fingerprint density at radius 2 is 1.83 bits per heavy atom. The van der Waals surface area contributed by atoms with Crippen LogP contribution in [-0.2, 0) is 0 Å². The Morgan fingerprint density at radius 1 is 1.13 bits per heavy atom. The van der Waals surface area contributed by atoms with Gasteiger partial charge in [-0.25, -0.2) is 5.43 Å². The number of fused-ring (bicyclic) bond motifs is 1. The highest BCUT2D eigenvalue weighted by Gasteiger charge is 2.14. The lowest BCUT2D eigenvalue weighted by atomic mass is 10.1. The molecule has 1 amide bonds. The average molecular weight is 346 g/mol. The summed E-state index contributed by atoms with van der Waals surface area (Å²) in [7, 11) is 0. The maximum absolute atomic E-state index is 12.3. The summed E-state index contributed by atoms with van der Waals surface area (Å²) < 4.78 is 0. The Hall–Kier alpha value is -2.30. The number of hydrogen-bond donors (Lipinski definition) is 2. The lowest BCUT2D eigenvalue weighted by Crippen LogP contribution is -2.18. The summed E-state index contributed by atoms with van der Waals surface area (Å²) in [5, 5.41) is 6.19. The number of nitrogens with zero attached hydrogens (tertiary/aromatic N) is 1. The van der Waals surface area contributed by atoms with Gasteiger partial charge < -0.3 is 4.98 Å². The molecule has 23 heavy (non-hydrogen) atoms. The number of aryl methyl sites for hydroxylation is 1. The normalized spacial score (nSPS) is 11.3. The molecule has 6 heteroatoms. The van der Waals surface area contributed by atoms with E-state index in [2.05, 4.69) is 15.5 Å². The summed E-state index contributed by atoms with van der Waals surface area (Å²) in [6.45, 7) is 1.88. The smallest absolute Gasteiger partial charge is 0.288 e. The van der Waals surface area contributed by atoms with Gasteiger partial charge in [0.2, 0.25) is 0 Å². The first kappa shape index (κ1) is 15.6. The fourth-order valence-electron chi connectivity index (χ4n) is 2.31. The van der Waals surface area contributed by atoms with Crippen molar-refractivity contribution in [1.82, 2.24) is 10.4 Å². The number of carbonyl (C=O) groups is 1. The van der Waals surface area contributed by atoms with Gasteiger partial charge in [-0.15, -0.1) is 0 Å². The molecule has 1 aromatic heterocycles. The molecular weight excluding hydrogens is 333 g/mol. The predicted octanol–water partition coefficient (Wildman–Crippen LogP) is 4.55. The van der Waals surface area contributed by atoms with Crippen LogP contribution in [0.15, 0.2) is 47.6 Å². The van der Waals surface area contributed by atoms with E-state index in [9.17, 15) is 4.79 Å². The molecule has 0 aliphatic heterocycles. The molecule has 0 unspecified atom stereocenters. The van der Waals surface area contributed by atoms with Gasteiger partial charge in [-0.3, -0.25) is 4.79 Å². The van der Waals surface area contributed by atoms with Crippen LogP contribution in [0.5, 0.6) is 0 Å². The molecule has 3 aromatic rings. The zero-order valence-electron chi connectivity index (χ0n) is 12.2. The van der Waals surface area contributed by atoms with Crippen LogP contribution in [-0.4, -0.2) is 17.1 Å². The fourth-order valence-corrected chi connectivity index (χ4v) is 2.61. The molecule has 0 saturated carbocycles. The van der Waals surface area contributed by atoms with Crippen LogP contribution in [0.25, 0.3) is 10.9 Å². The van der Waals surface area contributed by atoms with Crippen LogP contribution < -0.4 is 5.43 Å². The number of amides is 1. The molecule has 0 radical (unpaired) electrons. The number of rotatable bonds is 3. The predicted molar refractivity (Wildman–Crippen MR) is 94.6 cm³/mol. The van der Waals surface area contributed by atoms with E-state index < -0.39 is 0 Å². The zero-order chi connectivity index (χ0) is 16.4. The number of carbonyl (C=O) groups excluding carboxylic acids is 1. The molecule has 2 aromatic carbocycles. The molecule has 0 bridgehead atoms. The van der Waals surface area contributed by atoms with E-state index in [1.165, 1.54) is 0 Å². The minimum Gasteiger partial charge on any atom is -0.350 e. The summed E-state index contributed by atoms with van der Waals surface area (Å²) in [4.78, 5) is 15.3. The van der Waals surface area contributed by atoms with Crippen molar-refractivity contribution in [3.63, 3.8) is 0 Å². The Kier molecular flexibility index (Phi) is 4.37. The van der Waals surface area contributed by atoms with Gasteiger partial charge in [0.05, 0.1) is 6.21 Å². The number of H-pyrrole nitrogens is 1. The molecule has 1 heterocycles. The first-order valence-corrected chi connectivity index (χ1v) is 7.67. The van der Waals surface area contributed by atoms with Crippen molar-refractivity contribution in [2.75, 3.05) is 0 Å². The third-order valence-corrected chi connectivity index (χ3v) is 3.98. The first-order chi connectivity index (χ1) is 11.0. The molecule has 0 saturated heterocycles. The number of aromatic nitrogens is 1. The monoisotopic (exact) mass is 345 g/mol. The molecule has 0 aliphatic rings. The standard InChI is InChI=1S/C17H13Cl2N3O/c1-10-14-7-6-13(19)8-15(14)21-16(10)17(23)22-20-9-11-2-4-12(18)5-3-11/h2-9,21H,1H3,(H,22,23). The topological polar surface area (TPSA) is 57.2 Å². The van der Waals surface area contributed by atoms with E-state index in [-0.39, 0.29) is 5.91 Å². The number of benzene rings is 2. The Morgan fingerprint density at radius 3 is 2.57 bits per heavy atom. The number of nitrogens with one attached hydrogen (secondary N) is 2. The summed E-state index contributed by atoms with van der Waals surface area (Å²) in [5.74, 6) is -0.306. The lowest BCUT2D eigenvalue weighted by molar-refractivity contribution is 0.0950. The molecule has 0 aliphatic carbocycles. The maximum Gasteiger partial charge on any atom is 0.288 e. The lowest BCUT2D eigenvalue weighted by Gasteiger charge is -1.99. The van der Waals surface area contributed by atoms with Gasteiger partial charge in [-0.1, -0.05) is 41.4 Å². The second-order valence-corrected chi connectivity index (χ2v) is 5.94. The SMILES string of the molecule is Cc1c(C(=O)NN=Cc2ccc(Cl)cc2)[nH]c2cc(Cl)ccc12. The van der Waals surface area contributed by atoms with Crippen LogP contribution in [0.3, 0.4) is 0 Å². The molecule has 4 nitrogen and oxygen atoms in total. The number of hydrazone groups is 1. The zero-order valence-corrected chi connectivity index (χ0v) is 13.7. The second kappa shape index (κ2) is 6.44. The molecule has 116 valence electrons. The minimum atomic E-state index is -0.306. The van der Waals surface area contributed by atoms with Crippen LogP contribution in [0.1, 0.15) is 21.6 Å². The van der Waals surface area contributed by atoms with Crippen molar-refractivity contribution in [1.29, 1.82) is 0 Å². The van der Waals surface area contributed by atoms with Crippen molar-refractivity contribution in [3.8, 4) is 0 Å². The van der Waals surface area contributed by atoms with Crippen LogP contribution in [0.2, 0.25) is 10.0 Å². The average Bonchev–Trinajstić information content (AvgIpc) is 2.85. The van der Waals surface area contributed by atoms with Gasteiger partial charge >= 0.3 is 0 Å². The van der Waals surface area contributed by atoms with Gasteiger partial charge in [0.1, 0.15) is 5.69 Å². The van der Waals surface area contributed by atoms with E-state index in [1.807, 2.05) is 25.1 Å². The van der Waals surface area contributed by atoms with E-state index in [0.29, 0.717) is 15.7 Å². The van der Waals surface area contributed by atoms with Crippen molar-refractivity contribution in [2.24, 2.45) is 5.10 Å². The van der Waals surface area contributed by atoms with E-state index in [1.54, 1.807) is 30.5 Å². The molecule has 0 spiro atoms. The van der Waals surface area contributed by atoms with Crippen molar-refractivity contribution in [3.05, 3.63) is 69.3 Å². The maximum atomic E-state index is 12.3. The van der Waals surface area contributed by atoms with E-state index >= 15 is 0 Å². The highest BCUT2D eigenvalue weighted by atomic mass is 35.5. The van der Waals surface area contributed by atoms with Gasteiger partial charge in [0.15, 0.2) is 0 Å². The number of aromatic amines is 1. The van der Waals surface area contributed by atoms with Gasteiger partial charge in [-0.05, 0) is 42.3 Å². The number of halogens is 2. The van der Waals surface area contributed by atoms with Gasteiger partial charge in [0, 0.05) is 20.9 Å². The van der Waals surface area contributed by atoms with Crippen LogP contribution in [0, 0.1) is 6.92 Å². The van der Waals surface area contributed by atoms with E-state index in [4.69, 9.17) is 23.2 Å². The second-order valence-electron chi connectivity index (χ2n) is 5.07. The van der Waals surface area contributed by atoms with Crippen LogP contribution >= 0.6 is 23.2 Å². The third kappa shape index (κ3) is 3.38. The number of hydrogen-bond acceptors (Lipinski definition) is 2. The van der Waals surface area contributed by atoms with Crippen molar-refractivity contribution in [2.45, 2.75) is 6.92 Å². The quantitative estimate of drug-likeness (QED) is 0.531. The Labute approximate surface area is 143 Å². The highest BCUT2D eigenvalue weighted by molar-refractivity contribution is 6.31. The highest BCUT2D eigenvalue weighted by Crippen LogP contribution is 2.24. The molecule has 0 fully saturated rings. The molecule has 0 atom stereocenters. The Balaban J connectivity index is 1.78. The van der Waals surface area contributed by atoms with Crippen molar-refractivity contribution < 1.29 is 4.79 Å². The third-order valence-electron chi connectivity index (χ3n) is 3.50. The Bertz CT molecular complexity index is 898. The van der Waals surface area contributed by atoms with Crippen LogP contribution in [0.4, 0.5) is 0 Å². The van der Waals surface area contributed by atoms with E-state index in [0.717, 1.165) is 22.0 Å². The summed E-state index contributed by atoms with van der Waals surface area (Å²) in [6.07, 6.45) is 1.56. The van der Waals surface area contributed by atoms with Gasteiger partial charge in [0.25, 0.3) is 5.91 Å². The summed E-state index contributed by atoms with van der Waals surface area (Å²) in [6, 6.07) is 12.6. The summed E-state index contributed by atoms with van der Waals surface area (Å²) >= 11 is 11.8. The molecule has 3 rings (SSSR count). The van der Waals surface area contributed by atoms with Crippen molar-refractivity contribution >= 4 is 46.2 Å². The summed E-state index contributed by atoms with van der Waals surface area (Å²) in [5.41, 5.74) is 5.50. The van der Waals surface area contributed by atoms with Gasteiger partial charge in [-0.2, -0.15) is 5.10 Å².